The molecular formula is C20H38O7. The van der Waals surface area contributed by atoms with Gasteiger partial charge in [0.15, 0.2) is 0 Å². The minimum absolute atomic E-state index is 0.0115. The number of hydrogen-bond acceptors (Lipinski definition) is 6. The summed E-state index contributed by atoms with van der Waals surface area (Å²) in [4.78, 5) is 21.2. The number of aliphatic carboxylic acids is 1. The van der Waals surface area contributed by atoms with Gasteiger partial charge in [-0.3, -0.25) is 9.59 Å². The number of esters is 1. The van der Waals surface area contributed by atoms with Crippen LogP contribution < -0.4 is 0 Å². The predicted molar refractivity (Wildman–Crippen MR) is 102 cm³/mol. The molecule has 7 nitrogen and oxygen atoms in total. The second-order valence-corrected chi connectivity index (χ2v) is 9.88. The van der Waals surface area contributed by atoms with Gasteiger partial charge < -0.3 is 25.2 Å². The number of carboxylic acids is 1. The fourth-order valence-corrected chi connectivity index (χ4v) is 3.06. The molecule has 27 heavy (non-hydrogen) atoms. The van der Waals surface area contributed by atoms with Crippen molar-refractivity contribution >= 4 is 11.9 Å². The molecule has 1 saturated heterocycles. The molecule has 1 fully saturated rings. The highest BCUT2D eigenvalue weighted by atomic mass is 16.5. The predicted octanol–water partition coefficient (Wildman–Crippen LogP) is 2.50. The van der Waals surface area contributed by atoms with Crippen LogP contribution in [0.25, 0.3) is 0 Å². The first-order chi connectivity index (χ1) is 12.1. The summed E-state index contributed by atoms with van der Waals surface area (Å²) in [6.45, 7) is 12.3. The molecule has 0 radical (unpaired) electrons. The Morgan fingerprint density at radius 1 is 1.11 bits per heavy atom. The highest BCUT2D eigenvalue weighted by molar-refractivity contribution is 5.71. The first kappa shape index (κ1) is 25.8. The van der Waals surface area contributed by atoms with Gasteiger partial charge in [0.05, 0.1) is 31.2 Å². The zero-order valence-electron chi connectivity index (χ0n) is 17.6. The largest absolute Gasteiger partial charge is 0.481 e. The Morgan fingerprint density at radius 3 is 2.07 bits per heavy atom. The van der Waals surface area contributed by atoms with Gasteiger partial charge in [-0.15, -0.1) is 0 Å². The van der Waals surface area contributed by atoms with Gasteiger partial charge in [-0.2, -0.15) is 0 Å². The van der Waals surface area contributed by atoms with E-state index < -0.39 is 24.3 Å². The number of rotatable bonds is 6. The van der Waals surface area contributed by atoms with E-state index >= 15 is 0 Å². The summed E-state index contributed by atoms with van der Waals surface area (Å²) in [7, 11) is 0. The van der Waals surface area contributed by atoms with Gasteiger partial charge in [-0.1, -0.05) is 41.5 Å². The maximum absolute atomic E-state index is 11.0. The standard InChI is InChI=1S/C10H20O4.C10H18O3/c1-10(2,3)6-8(12)4-7(11)5-9(13)14;1-10(2,3)6-8-4-7(11)5-9(12)13-8/h7-8,11-12H,4-6H2,1-3H3,(H,13,14);7-8,11H,4-6H2,1-3H3. The highest BCUT2D eigenvalue weighted by Gasteiger charge is 2.30. The summed E-state index contributed by atoms with van der Waals surface area (Å²) in [5.74, 6) is -1.31. The highest BCUT2D eigenvalue weighted by Crippen LogP contribution is 2.27. The summed E-state index contributed by atoms with van der Waals surface area (Å²) in [6.07, 6.45) is -0.257. The van der Waals surface area contributed by atoms with Crippen LogP contribution in [0, 0.1) is 10.8 Å². The summed E-state index contributed by atoms with van der Waals surface area (Å²) in [6, 6.07) is 0. The van der Waals surface area contributed by atoms with E-state index in [0.29, 0.717) is 12.8 Å². The average molecular weight is 391 g/mol. The Kier molecular flexibility index (Phi) is 10.5. The molecule has 4 atom stereocenters. The summed E-state index contributed by atoms with van der Waals surface area (Å²) < 4.78 is 5.13. The number of carbonyl (C=O) groups excluding carboxylic acids is 1. The first-order valence-electron chi connectivity index (χ1n) is 9.53. The minimum atomic E-state index is -1.04. The van der Waals surface area contributed by atoms with Crippen molar-refractivity contribution in [3.63, 3.8) is 0 Å². The summed E-state index contributed by atoms with van der Waals surface area (Å²) in [5, 5.41) is 36.5. The molecule has 7 heteroatoms. The third kappa shape index (κ3) is 15.6. The molecule has 0 amide bonds. The number of aliphatic hydroxyl groups excluding tert-OH is 3. The van der Waals surface area contributed by atoms with Crippen LogP contribution in [0.2, 0.25) is 0 Å². The van der Waals surface area contributed by atoms with Crippen LogP contribution in [0.3, 0.4) is 0 Å². The molecule has 0 aromatic carbocycles. The monoisotopic (exact) mass is 390 g/mol. The van der Waals surface area contributed by atoms with Crippen LogP contribution in [-0.4, -0.2) is 56.8 Å². The van der Waals surface area contributed by atoms with E-state index in [1.165, 1.54) is 0 Å². The lowest BCUT2D eigenvalue weighted by Crippen LogP contribution is -2.34. The Balaban J connectivity index is 0.000000501. The smallest absolute Gasteiger partial charge is 0.308 e. The average Bonchev–Trinajstić information content (AvgIpc) is 2.31. The van der Waals surface area contributed by atoms with Crippen molar-refractivity contribution in [2.75, 3.05) is 0 Å². The van der Waals surface area contributed by atoms with Gasteiger partial charge in [0.25, 0.3) is 0 Å². The number of ether oxygens (including phenoxy) is 1. The third-order valence-electron chi connectivity index (χ3n) is 3.88. The molecule has 0 bridgehead atoms. The van der Waals surface area contributed by atoms with Gasteiger partial charge in [-0.05, 0) is 30.1 Å². The minimum Gasteiger partial charge on any atom is -0.481 e. The SMILES string of the molecule is CC(C)(C)CC(O)CC(O)CC(=O)O.CC(C)(C)CC1CC(O)CC(=O)O1. The van der Waals surface area contributed by atoms with Crippen LogP contribution in [-0.2, 0) is 14.3 Å². The molecule has 0 aromatic rings. The third-order valence-corrected chi connectivity index (χ3v) is 3.88. The van der Waals surface area contributed by atoms with Crippen LogP contribution in [0.5, 0.6) is 0 Å². The van der Waals surface area contributed by atoms with Gasteiger partial charge in [-0.25, -0.2) is 0 Å². The topological polar surface area (TPSA) is 124 Å². The molecule has 0 aromatic heterocycles. The van der Waals surface area contributed by atoms with Crippen LogP contribution in [0.4, 0.5) is 0 Å². The zero-order valence-corrected chi connectivity index (χ0v) is 17.6. The molecule has 0 saturated carbocycles. The fraction of sp³-hybridized carbons (Fsp3) is 0.900. The van der Waals surface area contributed by atoms with E-state index in [-0.39, 0.29) is 42.2 Å². The van der Waals surface area contributed by atoms with Crippen LogP contribution >= 0.6 is 0 Å². The van der Waals surface area contributed by atoms with E-state index in [0.717, 1.165) is 6.42 Å². The Hall–Kier alpha value is -1.18. The van der Waals surface area contributed by atoms with E-state index in [1.54, 1.807) is 0 Å². The normalized spacial score (nSPS) is 22.9. The van der Waals surface area contributed by atoms with Crippen molar-refractivity contribution in [1.29, 1.82) is 0 Å². The Labute approximate surface area is 162 Å². The van der Waals surface area contributed by atoms with E-state index in [4.69, 9.17) is 9.84 Å². The van der Waals surface area contributed by atoms with Gasteiger partial charge in [0, 0.05) is 6.42 Å². The van der Waals surface area contributed by atoms with E-state index in [1.807, 2.05) is 20.8 Å². The maximum atomic E-state index is 11.0. The molecule has 1 aliphatic heterocycles. The number of carbonyl (C=O) groups is 2. The Bertz CT molecular complexity index is 462. The fourth-order valence-electron chi connectivity index (χ4n) is 3.06. The maximum Gasteiger partial charge on any atom is 0.308 e. The molecule has 4 unspecified atom stereocenters. The van der Waals surface area contributed by atoms with Crippen molar-refractivity contribution in [3.05, 3.63) is 0 Å². The second kappa shape index (κ2) is 11.0. The van der Waals surface area contributed by atoms with Crippen molar-refractivity contribution in [3.8, 4) is 0 Å². The lowest BCUT2D eigenvalue weighted by Gasteiger charge is -2.30. The van der Waals surface area contributed by atoms with Gasteiger partial charge in [0.1, 0.15) is 6.10 Å². The van der Waals surface area contributed by atoms with Crippen LogP contribution in [0.1, 0.15) is 80.1 Å². The quantitative estimate of drug-likeness (QED) is 0.514. The molecule has 1 rings (SSSR count). The number of carboxylic acid groups (broad SMARTS) is 1. The number of hydrogen-bond donors (Lipinski definition) is 4. The van der Waals surface area contributed by atoms with Gasteiger partial charge >= 0.3 is 11.9 Å². The van der Waals surface area contributed by atoms with Crippen molar-refractivity contribution in [2.45, 2.75) is 104 Å². The molecule has 1 aliphatic rings. The lowest BCUT2D eigenvalue weighted by molar-refractivity contribution is -0.161. The molecule has 4 N–H and O–H groups in total. The summed E-state index contributed by atoms with van der Waals surface area (Å²) >= 11 is 0. The lowest BCUT2D eigenvalue weighted by atomic mass is 9.86. The van der Waals surface area contributed by atoms with Crippen molar-refractivity contribution in [1.82, 2.24) is 0 Å². The number of cyclic esters (lactones) is 1. The van der Waals surface area contributed by atoms with Crippen molar-refractivity contribution in [2.24, 2.45) is 10.8 Å². The molecule has 160 valence electrons. The molecule has 1 heterocycles. The Morgan fingerprint density at radius 2 is 1.67 bits per heavy atom. The zero-order chi connectivity index (χ0) is 21.4. The first-order valence-corrected chi connectivity index (χ1v) is 9.53. The number of aliphatic hydroxyl groups is 3. The van der Waals surface area contributed by atoms with E-state index in [2.05, 4.69) is 20.8 Å². The van der Waals surface area contributed by atoms with E-state index in [9.17, 15) is 24.9 Å². The van der Waals surface area contributed by atoms with Crippen LogP contribution in [0.15, 0.2) is 0 Å². The molecular weight excluding hydrogens is 352 g/mol. The molecule has 0 aliphatic carbocycles. The summed E-state index contributed by atoms with van der Waals surface area (Å²) in [5.41, 5.74) is 0.129. The van der Waals surface area contributed by atoms with Gasteiger partial charge in [0.2, 0.25) is 0 Å². The molecule has 0 spiro atoms. The van der Waals surface area contributed by atoms with Crippen molar-refractivity contribution < 1.29 is 34.8 Å². The second-order valence-electron chi connectivity index (χ2n) is 9.88.